The summed E-state index contributed by atoms with van der Waals surface area (Å²) in [6.45, 7) is 13.7. The Morgan fingerprint density at radius 2 is 1.75 bits per heavy atom. The molecule has 0 unspecified atom stereocenters. The number of aryl methyl sites for hydroxylation is 1. The minimum Gasteiger partial charge on any atom is -0.103 e. The molecule has 88 valence electrons. The molecule has 0 amide bonds. The number of benzene rings is 1. The van der Waals surface area contributed by atoms with Crippen LogP contribution in [0.2, 0.25) is 24.7 Å². The van der Waals surface area contributed by atoms with Gasteiger partial charge in [-0.3, -0.25) is 0 Å². The third-order valence-corrected chi connectivity index (χ3v) is 7.82. The molecule has 0 N–H and O–H groups in total. The SMILES string of the molecule is C=C[C@@](C)(CCc1ccccc1)[Si](C)(C)C. The molecule has 1 rings (SSSR count). The first-order valence-corrected chi connectivity index (χ1v) is 9.56. The largest absolute Gasteiger partial charge is 0.103 e. The fourth-order valence-electron chi connectivity index (χ4n) is 1.83. The number of rotatable bonds is 5. The molecule has 1 aromatic rings. The summed E-state index contributed by atoms with van der Waals surface area (Å²) in [7, 11) is -1.18. The average Bonchev–Trinajstić information content (AvgIpc) is 2.26. The average molecular weight is 232 g/mol. The highest BCUT2D eigenvalue weighted by Gasteiger charge is 2.35. The summed E-state index contributed by atoms with van der Waals surface area (Å²) < 4.78 is 0. The van der Waals surface area contributed by atoms with Crippen LogP contribution in [0.1, 0.15) is 18.9 Å². The molecule has 0 spiro atoms. The second kappa shape index (κ2) is 5.01. The molecule has 0 aliphatic heterocycles. The summed E-state index contributed by atoms with van der Waals surface area (Å²) in [5, 5.41) is 0.336. The summed E-state index contributed by atoms with van der Waals surface area (Å²) in [6, 6.07) is 10.8. The van der Waals surface area contributed by atoms with E-state index < -0.39 is 8.07 Å². The number of allylic oxidation sites excluding steroid dienone is 1. The molecule has 0 saturated carbocycles. The molecule has 0 radical (unpaired) electrons. The Labute approximate surface area is 101 Å². The molecule has 0 bridgehead atoms. The Kier molecular flexibility index (Phi) is 4.14. The Hall–Kier alpha value is -0.823. The van der Waals surface area contributed by atoms with Gasteiger partial charge in [0.1, 0.15) is 0 Å². The maximum atomic E-state index is 4.05. The van der Waals surface area contributed by atoms with Gasteiger partial charge < -0.3 is 0 Å². The molecule has 0 fully saturated rings. The van der Waals surface area contributed by atoms with Gasteiger partial charge in [0, 0.05) is 0 Å². The smallest absolute Gasteiger partial charge is 0.0545 e. The Bertz CT molecular complexity index is 334. The van der Waals surface area contributed by atoms with E-state index in [0.29, 0.717) is 5.04 Å². The fraction of sp³-hybridized carbons (Fsp3) is 0.467. The lowest BCUT2D eigenvalue weighted by atomic mass is 10.0. The van der Waals surface area contributed by atoms with Crippen LogP contribution < -0.4 is 0 Å². The van der Waals surface area contributed by atoms with Gasteiger partial charge in [-0.1, -0.05) is 63.0 Å². The molecule has 0 aliphatic rings. The summed E-state index contributed by atoms with van der Waals surface area (Å²) in [5.41, 5.74) is 1.44. The molecule has 0 nitrogen and oxygen atoms in total. The van der Waals surface area contributed by atoms with E-state index >= 15 is 0 Å². The highest BCUT2D eigenvalue weighted by atomic mass is 28.3. The van der Waals surface area contributed by atoms with Gasteiger partial charge in [-0.2, -0.15) is 0 Å². The van der Waals surface area contributed by atoms with Gasteiger partial charge in [0.05, 0.1) is 8.07 Å². The molecular weight excluding hydrogens is 208 g/mol. The van der Waals surface area contributed by atoms with E-state index in [1.165, 1.54) is 12.0 Å². The first-order chi connectivity index (χ1) is 7.39. The van der Waals surface area contributed by atoms with Gasteiger partial charge in [-0.25, -0.2) is 0 Å². The van der Waals surface area contributed by atoms with E-state index in [1.807, 2.05) is 0 Å². The highest BCUT2D eigenvalue weighted by molar-refractivity contribution is 6.79. The minimum absolute atomic E-state index is 0.336. The number of hydrogen-bond acceptors (Lipinski definition) is 0. The van der Waals surface area contributed by atoms with Crippen molar-refractivity contribution < 1.29 is 0 Å². The topological polar surface area (TPSA) is 0 Å². The monoisotopic (exact) mass is 232 g/mol. The van der Waals surface area contributed by atoms with Crippen molar-refractivity contribution in [3.8, 4) is 0 Å². The van der Waals surface area contributed by atoms with Crippen LogP contribution in [-0.4, -0.2) is 8.07 Å². The van der Waals surface area contributed by atoms with Crippen LogP contribution in [0.15, 0.2) is 43.0 Å². The van der Waals surface area contributed by atoms with E-state index in [2.05, 4.69) is 69.6 Å². The molecule has 0 aliphatic carbocycles. The fourth-order valence-corrected chi connectivity index (χ4v) is 3.32. The van der Waals surface area contributed by atoms with E-state index in [0.717, 1.165) is 6.42 Å². The Morgan fingerprint density at radius 1 is 1.19 bits per heavy atom. The van der Waals surface area contributed by atoms with Gasteiger partial charge in [0.15, 0.2) is 0 Å². The molecule has 0 aromatic heterocycles. The predicted octanol–water partition coefficient (Wildman–Crippen LogP) is 4.90. The van der Waals surface area contributed by atoms with E-state index in [9.17, 15) is 0 Å². The van der Waals surface area contributed by atoms with Crippen LogP contribution in [-0.2, 0) is 6.42 Å². The third kappa shape index (κ3) is 3.08. The first kappa shape index (κ1) is 13.2. The van der Waals surface area contributed by atoms with Gasteiger partial charge in [-0.15, -0.1) is 6.58 Å². The van der Waals surface area contributed by atoms with Crippen LogP contribution in [0.3, 0.4) is 0 Å². The zero-order chi connectivity index (χ0) is 12.2. The molecule has 1 heteroatoms. The maximum absolute atomic E-state index is 4.05. The van der Waals surface area contributed by atoms with E-state index in [-0.39, 0.29) is 0 Å². The van der Waals surface area contributed by atoms with Crippen LogP contribution in [0, 0.1) is 0 Å². The molecule has 0 heterocycles. The van der Waals surface area contributed by atoms with E-state index in [1.54, 1.807) is 0 Å². The zero-order valence-corrected chi connectivity index (χ0v) is 12.1. The van der Waals surface area contributed by atoms with Crippen molar-refractivity contribution in [2.45, 2.75) is 44.4 Å². The third-order valence-electron chi connectivity index (χ3n) is 3.94. The van der Waals surface area contributed by atoms with Crippen molar-refractivity contribution in [3.05, 3.63) is 48.6 Å². The first-order valence-electron chi connectivity index (χ1n) is 6.06. The summed E-state index contributed by atoms with van der Waals surface area (Å²) in [6.07, 6.45) is 4.56. The second-order valence-electron chi connectivity index (χ2n) is 5.86. The molecule has 1 atom stereocenters. The van der Waals surface area contributed by atoms with Crippen molar-refractivity contribution in [2.75, 3.05) is 0 Å². The summed E-state index contributed by atoms with van der Waals surface area (Å²) in [5.74, 6) is 0. The molecule has 0 saturated heterocycles. The Balaban J connectivity index is 2.70. The van der Waals surface area contributed by atoms with Crippen molar-refractivity contribution in [3.63, 3.8) is 0 Å². The lowest BCUT2D eigenvalue weighted by molar-refractivity contribution is 0.644. The van der Waals surface area contributed by atoms with Crippen LogP contribution >= 0.6 is 0 Å². The normalized spacial score (nSPS) is 15.5. The van der Waals surface area contributed by atoms with Gasteiger partial charge in [-0.05, 0) is 23.4 Å². The van der Waals surface area contributed by atoms with Gasteiger partial charge in [0.25, 0.3) is 0 Å². The van der Waals surface area contributed by atoms with Gasteiger partial charge >= 0.3 is 0 Å². The van der Waals surface area contributed by atoms with Crippen molar-refractivity contribution in [1.82, 2.24) is 0 Å². The van der Waals surface area contributed by atoms with Crippen molar-refractivity contribution in [2.24, 2.45) is 0 Å². The minimum atomic E-state index is -1.18. The van der Waals surface area contributed by atoms with Crippen LogP contribution in [0.4, 0.5) is 0 Å². The Morgan fingerprint density at radius 3 is 2.19 bits per heavy atom. The van der Waals surface area contributed by atoms with Crippen molar-refractivity contribution >= 4 is 8.07 Å². The second-order valence-corrected chi connectivity index (χ2v) is 11.5. The van der Waals surface area contributed by atoms with Crippen molar-refractivity contribution in [1.29, 1.82) is 0 Å². The molecule has 1 aromatic carbocycles. The summed E-state index contributed by atoms with van der Waals surface area (Å²) >= 11 is 0. The van der Waals surface area contributed by atoms with Crippen LogP contribution in [0.25, 0.3) is 0 Å². The lowest BCUT2D eigenvalue weighted by Gasteiger charge is -2.38. The zero-order valence-electron chi connectivity index (χ0n) is 11.1. The van der Waals surface area contributed by atoms with Crippen LogP contribution in [0.5, 0.6) is 0 Å². The summed E-state index contributed by atoms with van der Waals surface area (Å²) in [4.78, 5) is 0. The van der Waals surface area contributed by atoms with Gasteiger partial charge in [0.2, 0.25) is 0 Å². The number of hydrogen-bond donors (Lipinski definition) is 0. The molecular formula is C15H24Si. The highest BCUT2D eigenvalue weighted by Crippen LogP contribution is 2.42. The quantitative estimate of drug-likeness (QED) is 0.500. The lowest BCUT2D eigenvalue weighted by Crippen LogP contribution is -2.36. The predicted molar refractivity (Wildman–Crippen MR) is 76.7 cm³/mol. The van der Waals surface area contributed by atoms with E-state index in [4.69, 9.17) is 0 Å². The molecule has 16 heavy (non-hydrogen) atoms. The standard InChI is InChI=1S/C15H24Si/c1-6-15(2,16(3,4)5)13-12-14-10-8-7-9-11-14/h6-11H,1,12-13H2,2-5H3/t15-/m0/s1. The maximum Gasteiger partial charge on any atom is 0.0545 e.